The number of nitrogens with zero attached hydrogens (tertiary/aromatic N) is 4. The normalized spacial score (nSPS) is 16.3. The molecule has 2 aliphatic rings. The summed E-state index contributed by atoms with van der Waals surface area (Å²) in [5.74, 6) is -0.345. The molecule has 0 amide bonds. The molecule has 4 heterocycles. The van der Waals surface area contributed by atoms with Gasteiger partial charge in [-0.15, -0.1) is 0 Å². The lowest BCUT2D eigenvalue weighted by Crippen LogP contribution is -2.40. The summed E-state index contributed by atoms with van der Waals surface area (Å²) >= 11 is 6.08. The molecule has 0 radical (unpaired) electrons. The van der Waals surface area contributed by atoms with Crippen LogP contribution in [0, 0.1) is 5.82 Å². The smallest absolute Gasteiger partial charge is 0.132 e. The van der Waals surface area contributed by atoms with Gasteiger partial charge in [-0.3, -0.25) is 9.98 Å². The number of aliphatic imine (C=N–C) groups is 1. The van der Waals surface area contributed by atoms with Crippen LogP contribution in [0.5, 0.6) is 0 Å². The highest BCUT2D eigenvalue weighted by Gasteiger charge is 2.21. The molecule has 1 aromatic carbocycles. The van der Waals surface area contributed by atoms with Crippen molar-refractivity contribution in [3.8, 4) is 0 Å². The maximum Gasteiger partial charge on any atom is 0.132 e. The zero-order valence-corrected chi connectivity index (χ0v) is 17.2. The van der Waals surface area contributed by atoms with Gasteiger partial charge in [0.15, 0.2) is 0 Å². The fourth-order valence-corrected chi connectivity index (χ4v) is 3.93. The third-order valence-electron chi connectivity index (χ3n) is 5.50. The Morgan fingerprint density at radius 3 is 2.83 bits per heavy atom. The average Bonchev–Trinajstić information content (AvgIpc) is 3.20. The monoisotopic (exact) mass is 421 g/mol. The minimum Gasteiger partial charge on any atom is -0.382 e. The predicted octanol–water partition coefficient (Wildman–Crippen LogP) is 4.43. The molecule has 5 nitrogen and oxygen atoms in total. The molecule has 0 atom stereocenters. The van der Waals surface area contributed by atoms with Crippen LogP contribution >= 0.6 is 11.6 Å². The van der Waals surface area contributed by atoms with E-state index in [1.165, 1.54) is 31.6 Å². The molecule has 5 rings (SSSR count). The van der Waals surface area contributed by atoms with Gasteiger partial charge >= 0.3 is 0 Å². The number of likely N-dealkylation sites (tertiary alicyclic amines) is 1. The van der Waals surface area contributed by atoms with Crippen molar-refractivity contribution in [1.29, 1.82) is 0 Å². The molecule has 0 unspecified atom stereocenters. The van der Waals surface area contributed by atoms with E-state index in [1.807, 2.05) is 30.5 Å². The molecule has 152 valence electrons. The van der Waals surface area contributed by atoms with Crippen molar-refractivity contribution >= 4 is 39.6 Å². The first-order chi connectivity index (χ1) is 14.7. The number of hydrogen-bond acceptors (Lipinski definition) is 5. The number of fused-ring (bicyclic) bond motifs is 1. The van der Waals surface area contributed by atoms with E-state index in [9.17, 15) is 4.39 Å². The first-order valence-electron chi connectivity index (χ1n) is 10.1. The number of hydrogen-bond donors (Lipinski definition) is 1. The fourth-order valence-electron chi connectivity index (χ4n) is 3.76. The minimum absolute atomic E-state index is 0.345. The Labute approximate surface area is 179 Å². The number of benzene rings is 1. The van der Waals surface area contributed by atoms with Crippen LogP contribution in [-0.4, -0.2) is 53.3 Å². The lowest BCUT2D eigenvalue weighted by Gasteiger charge is -2.30. The maximum absolute atomic E-state index is 14.4. The molecule has 2 aliphatic heterocycles. The van der Waals surface area contributed by atoms with Crippen LogP contribution in [0.3, 0.4) is 0 Å². The summed E-state index contributed by atoms with van der Waals surface area (Å²) in [7, 11) is 0. The number of allylic oxidation sites excluding steroid dienone is 1. The Bertz CT molecular complexity index is 1170. The first-order valence-corrected chi connectivity index (χ1v) is 10.5. The van der Waals surface area contributed by atoms with Gasteiger partial charge in [0.2, 0.25) is 0 Å². The predicted molar refractivity (Wildman–Crippen MR) is 120 cm³/mol. The van der Waals surface area contributed by atoms with Gasteiger partial charge < -0.3 is 10.2 Å². The van der Waals surface area contributed by atoms with E-state index >= 15 is 0 Å². The third kappa shape index (κ3) is 3.80. The molecule has 2 aromatic heterocycles. The Hall–Kier alpha value is -2.83. The van der Waals surface area contributed by atoms with Gasteiger partial charge in [0.05, 0.1) is 40.9 Å². The number of halogens is 2. The molecular formula is C23H21ClFN5. The first kappa shape index (κ1) is 19.2. The molecule has 0 bridgehead atoms. The summed E-state index contributed by atoms with van der Waals surface area (Å²) in [5, 5.41) is 3.90. The van der Waals surface area contributed by atoms with Gasteiger partial charge in [0.25, 0.3) is 0 Å². The van der Waals surface area contributed by atoms with Crippen LogP contribution in [-0.2, 0) is 0 Å². The van der Waals surface area contributed by atoms with Gasteiger partial charge in [-0.25, -0.2) is 9.37 Å². The van der Waals surface area contributed by atoms with Gasteiger partial charge in [-0.05, 0) is 55.9 Å². The summed E-state index contributed by atoms with van der Waals surface area (Å²) in [5.41, 5.74) is 5.10. The Kier molecular flexibility index (Phi) is 5.19. The van der Waals surface area contributed by atoms with Crippen LogP contribution in [0.25, 0.3) is 16.6 Å². The van der Waals surface area contributed by atoms with Crippen LogP contribution in [0.1, 0.15) is 17.7 Å². The number of anilines is 1. The van der Waals surface area contributed by atoms with Crippen LogP contribution < -0.4 is 5.32 Å². The van der Waals surface area contributed by atoms with E-state index in [4.69, 9.17) is 16.6 Å². The van der Waals surface area contributed by atoms with Crippen molar-refractivity contribution in [3.63, 3.8) is 0 Å². The summed E-state index contributed by atoms with van der Waals surface area (Å²) in [6.45, 7) is 4.78. The zero-order valence-electron chi connectivity index (χ0n) is 16.4. The van der Waals surface area contributed by atoms with Crippen LogP contribution in [0.15, 0.2) is 53.7 Å². The lowest BCUT2D eigenvalue weighted by atomic mass is 10.00. The fraction of sp³-hybridized carbons (Fsp3) is 0.261. The van der Waals surface area contributed by atoms with Crippen molar-refractivity contribution in [2.45, 2.75) is 6.42 Å². The van der Waals surface area contributed by atoms with Gasteiger partial charge in [-0.2, -0.15) is 0 Å². The third-order valence-corrected chi connectivity index (χ3v) is 5.74. The number of aromatic nitrogens is 2. The van der Waals surface area contributed by atoms with E-state index in [2.05, 4.69) is 20.2 Å². The largest absolute Gasteiger partial charge is 0.382 e. The SMILES string of the molecule is Fc1ccc(Cl)cc1C1=NCC=C1c1ccc2ncc(NCCN3CCC3)cc2n1. The Morgan fingerprint density at radius 2 is 2.00 bits per heavy atom. The molecule has 3 aromatic rings. The standard InChI is InChI=1S/C23H21ClFN5/c24-15-2-3-19(25)18(12-15)23-17(6-7-27-23)20-4-5-21-22(29-20)13-16(14-28-21)26-8-11-30-9-1-10-30/h2-6,12-14,26H,1,7-11H2. The maximum atomic E-state index is 14.4. The Morgan fingerprint density at radius 1 is 1.10 bits per heavy atom. The minimum atomic E-state index is -0.345. The molecule has 1 N–H and O–H groups in total. The Balaban J connectivity index is 1.40. The molecule has 1 saturated heterocycles. The summed E-state index contributed by atoms with van der Waals surface area (Å²) in [6.07, 6.45) is 5.10. The average molecular weight is 422 g/mol. The highest BCUT2D eigenvalue weighted by molar-refractivity contribution is 6.35. The van der Waals surface area contributed by atoms with Crippen molar-refractivity contribution in [2.75, 3.05) is 38.0 Å². The zero-order chi connectivity index (χ0) is 20.5. The van der Waals surface area contributed by atoms with Gasteiger partial charge in [-0.1, -0.05) is 17.7 Å². The van der Waals surface area contributed by atoms with E-state index in [-0.39, 0.29) is 5.82 Å². The van der Waals surface area contributed by atoms with Gasteiger partial charge in [0, 0.05) is 29.2 Å². The van der Waals surface area contributed by atoms with Crippen LogP contribution in [0.4, 0.5) is 10.1 Å². The van der Waals surface area contributed by atoms with E-state index in [1.54, 1.807) is 6.07 Å². The van der Waals surface area contributed by atoms with Gasteiger partial charge in [0.1, 0.15) is 5.82 Å². The quantitative estimate of drug-likeness (QED) is 0.639. The van der Waals surface area contributed by atoms with E-state index < -0.39 is 0 Å². The molecule has 1 fully saturated rings. The topological polar surface area (TPSA) is 53.4 Å². The van der Waals surface area contributed by atoms with Crippen molar-refractivity contribution in [2.24, 2.45) is 4.99 Å². The number of rotatable bonds is 6. The highest BCUT2D eigenvalue weighted by Crippen LogP contribution is 2.28. The number of pyridine rings is 2. The molecule has 30 heavy (non-hydrogen) atoms. The second-order valence-electron chi connectivity index (χ2n) is 7.51. The van der Waals surface area contributed by atoms with E-state index in [0.29, 0.717) is 22.8 Å². The molecule has 0 spiro atoms. The second kappa shape index (κ2) is 8.13. The molecule has 0 aliphatic carbocycles. The molecular weight excluding hydrogens is 401 g/mol. The van der Waals surface area contributed by atoms with Crippen molar-refractivity contribution < 1.29 is 4.39 Å². The van der Waals surface area contributed by atoms with Crippen molar-refractivity contribution in [1.82, 2.24) is 14.9 Å². The lowest BCUT2D eigenvalue weighted by molar-refractivity contribution is 0.189. The summed E-state index contributed by atoms with van der Waals surface area (Å²) in [6, 6.07) is 10.4. The summed E-state index contributed by atoms with van der Waals surface area (Å²) < 4.78 is 14.4. The molecule has 7 heteroatoms. The highest BCUT2D eigenvalue weighted by atomic mass is 35.5. The molecule has 0 saturated carbocycles. The van der Waals surface area contributed by atoms with E-state index in [0.717, 1.165) is 41.1 Å². The van der Waals surface area contributed by atoms with Crippen LogP contribution in [0.2, 0.25) is 5.02 Å². The second-order valence-corrected chi connectivity index (χ2v) is 7.95. The number of nitrogens with one attached hydrogen (secondary N) is 1. The summed E-state index contributed by atoms with van der Waals surface area (Å²) in [4.78, 5) is 16.2. The van der Waals surface area contributed by atoms with Crippen molar-refractivity contribution in [3.05, 3.63) is 70.8 Å².